The standard InChI is InChI=1S/C14H16ClN3O2S/c1-8-6-9(4-5-16-8)17-14(19)10-7-11(20-18-10)12-2-3-13(15)21-12/h2-3,7-9,16H,4-6H2,1H3,(H,17,19). The smallest absolute Gasteiger partial charge is 0.273 e. The number of carbonyl (C=O) groups excluding carboxylic acids is 1. The number of rotatable bonds is 3. The Kier molecular flexibility index (Phi) is 4.28. The van der Waals surface area contributed by atoms with Gasteiger partial charge in [-0.3, -0.25) is 4.79 Å². The van der Waals surface area contributed by atoms with Crippen molar-refractivity contribution in [1.29, 1.82) is 0 Å². The van der Waals surface area contributed by atoms with Gasteiger partial charge in [-0.2, -0.15) is 0 Å². The van der Waals surface area contributed by atoms with Crippen LogP contribution < -0.4 is 10.6 Å². The topological polar surface area (TPSA) is 67.2 Å². The molecule has 0 saturated carbocycles. The Morgan fingerprint density at radius 1 is 1.57 bits per heavy atom. The van der Waals surface area contributed by atoms with E-state index in [1.165, 1.54) is 11.3 Å². The minimum atomic E-state index is -0.188. The van der Waals surface area contributed by atoms with E-state index in [0.717, 1.165) is 24.3 Å². The van der Waals surface area contributed by atoms with Crippen molar-refractivity contribution in [2.75, 3.05) is 6.54 Å². The molecule has 0 spiro atoms. The normalized spacial score (nSPS) is 22.2. The van der Waals surface area contributed by atoms with Crippen LogP contribution in [0, 0.1) is 0 Å². The molecule has 2 unspecified atom stereocenters. The molecule has 1 aliphatic rings. The van der Waals surface area contributed by atoms with E-state index >= 15 is 0 Å². The minimum Gasteiger partial charge on any atom is -0.355 e. The molecule has 2 aromatic heterocycles. The number of nitrogens with zero attached hydrogens (tertiary/aromatic N) is 1. The molecule has 2 atom stereocenters. The van der Waals surface area contributed by atoms with Gasteiger partial charge in [0.25, 0.3) is 5.91 Å². The van der Waals surface area contributed by atoms with Gasteiger partial charge in [-0.25, -0.2) is 0 Å². The molecule has 21 heavy (non-hydrogen) atoms. The number of carbonyl (C=O) groups is 1. The molecule has 5 nitrogen and oxygen atoms in total. The van der Waals surface area contributed by atoms with Crippen LogP contribution in [0.25, 0.3) is 10.6 Å². The third-order valence-corrected chi connectivity index (χ3v) is 4.76. The number of hydrogen-bond acceptors (Lipinski definition) is 5. The van der Waals surface area contributed by atoms with Gasteiger partial charge in [-0.15, -0.1) is 11.3 Å². The van der Waals surface area contributed by atoms with Crippen LogP contribution in [0.5, 0.6) is 0 Å². The Morgan fingerprint density at radius 2 is 2.43 bits per heavy atom. The zero-order valence-corrected chi connectivity index (χ0v) is 13.1. The number of hydrogen-bond donors (Lipinski definition) is 2. The first kappa shape index (κ1) is 14.6. The van der Waals surface area contributed by atoms with Crippen molar-refractivity contribution in [2.24, 2.45) is 0 Å². The third kappa shape index (κ3) is 3.45. The van der Waals surface area contributed by atoms with Crippen molar-refractivity contribution in [3.8, 4) is 10.6 Å². The highest BCUT2D eigenvalue weighted by molar-refractivity contribution is 7.19. The molecule has 1 saturated heterocycles. The summed E-state index contributed by atoms with van der Waals surface area (Å²) in [4.78, 5) is 13.1. The summed E-state index contributed by atoms with van der Waals surface area (Å²) in [6, 6.07) is 5.90. The van der Waals surface area contributed by atoms with Crippen molar-refractivity contribution in [2.45, 2.75) is 31.8 Å². The first-order chi connectivity index (χ1) is 10.1. The van der Waals surface area contributed by atoms with E-state index < -0.39 is 0 Å². The quantitative estimate of drug-likeness (QED) is 0.910. The number of aromatic nitrogens is 1. The Hall–Kier alpha value is -1.37. The lowest BCUT2D eigenvalue weighted by molar-refractivity contribution is 0.0916. The molecule has 3 heterocycles. The van der Waals surface area contributed by atoms with Gasteiger partial charge < -0.3 is 15.2 Å². The second kappa shape index (κ2) is 6.17. The van der Waals surface area contributed by atoms with Gasteiger partial charge in [0.05, 0.1) is 9.21 Å². The molecule has 1 fully saturated rings. The SMILES string of the molecule is CC1CC(NC(=O)c2cc(-c3ccc(Cl)s3)on2)CCN1. The monoisotopic (exact) mass is 325 g/mol. The van der Waals surface area contributed by atoms with Crippen LogP contribution in [-0.4, -0.2) is 29.7 Å². The molecule has 7 heteroatoms. The average molecular weight is 326 g/mol. The number of piperidine rings is 1. The summed E-state index contributed by atoms with van der Waals surface area (Å²) >= 11 is 7.29. The molecular weight excluding hydrogens is 310 g/mol. The largest absolute Gasteiger partial charge is 0.355 e. The second-order valence-corrected chi connectivity index (χ2v) is 6.95. The van der Waals surface area contributed by atoms with Crippen LogP contribution in [0.4, 0.5) is 0 Å². The predicted molar refractivity (Wildman–Crippen MR) is 82.8 cm³/mol. The third-order valence-electron chi connectivity index (χ3n) is 3.52. The maximum atomic E-state index is 12.2. The molecular formula is C14H16ClN3O2S. The molecule has 0 aromatic carbocycles. The molecule has 3 rings (SSSR count). The van der Waals surface area contributed by atoms with E-state index in [1.54, 1.807) is 12.1 Å². The van der Waals surface area contributed by atoms with Crippen molar-refractivity contribution in [3.63, 3.8) is 0 Å². The molecule has 2 aromatic rings. The van der Waals surface area contributed by atoms with Gasteiger partial charge in [0.2, 0.25) is 0 Å². The van der Waals surface area contributed by atoms with Crippen molar-refractivity contribution >= 4 is 28.8 Å². The Labute approximate surface area is 131 Å². The van der Waals surface area contributed by atoms with Gasteiger partial charge in [0, 0.05) is 18.2 Å². The fourth-order valence-electron chi connectivity index (χ4n) is 2.47. The highest BCUT2D eigenvalue weighted by Gasteiger charge is 2.22. The zero-order chi connectivity index (χ0) is 14.8. The Bertz CT molecular complexity index is 640. The van der Waals surface area contributed by atoms with Crippen LogP contribution >= 0.6 is 22.9 Å². The Balaban J connectivity index is 1.66. The van der Waals surface area contributed by atoms with Crippen molar-refractivity contribution in [1.82, 2.24) is 15.8 Å². The first-order valence-electron chi connectivity index (χ1n) is 6.88. The van der Waals surface area contributed by atoms with Crippen LogP contribution in [0.1, 0.15) is 30.3 Å². The van der Waals surface area contributed by atoms with Crippen LogP contribution in [0.3, 0.4) is 0 Å². The van der Waals surface area contributed by atoms with Crippen LogP contribution in [0.2, 0.25) is 4.34 Å². The first-order valence-corrected chi connectivity index (χ1v) is 8.08. The summed E-state index contributed by atoms with van der Waals surface area (Å²) in [6.45, 7) is 3.04. The zero-order valence-electron chi connectivity index (χ0n) is 11.6. The Morgan fingerprint density at radius 3 is 3.14 bits per heavy atom. The van der Waals surface area contributed by atoms with Crippen molar-refractivity contribution in [3.05, 3.63) is 28.2 Å². The van der Waals surface area contributed by atoms with E-state index in [-0.39, 0.29) is 11.9 Å². The second-order valence-electron chi connectivity index (χ2n) is 5.23. The summed E-state index contributed by atoms with van der Waals surface area (Å²) in [5.41, 5.74) is 0.306. The lowest BCUT2D eigenvalue weighted by Gasteiger charge is -2.28. The van der Waals surface area contributed by atoms with Crippen molar-refractivity contribution < 1.29 is 9.32 Å². The van der Waals surface area contributed by atoms with Gasteiger partial charge in [0.15, 0.2) is 11.5 Å². The van der Waals surface area contributed by atoms with Gasteiger partial charge in [-0.05, 0) is 38.4 Å². The highest BCUT2D eigenvalue weighted by atomic mass is 35.5. The van der Waals surface area contributed by atoms with Crippen LogP contribution in [-0.2, 0) is 0 Å². The predicted octanol–water partition coefficient (Wildman–Crippen LogP) is 2.93. The summed E-state index contributed by atoms with van der Waals surface area (Å²) in [7, 11) is 0. The van der Waals surface area contributed by atoms with E-state index in [4.69, 9.17) is 16.1 Å². The molecule has 1 aliphatic heterocycles. The fraction of sp³-hybridized carbons (Fsp3) is 0.429. The molecule has 2 N–H and O–H groups in total. The fourth-order valence-corrected chi connectivity index (χ4v) is 3.46. The van der Waals surface area contributed by atoms with Gasteiger partial charge in [0.1, 0.15) is 0 Å². The maximum Gasteiger partial charge on any atom is 0.273 e. The lowest BCUT2D eigenvalue weighted by atomic mass is 10.0. The van der Waals surface area contributed by atoms with Gasteiger partial charge >= 0.3 is 0 Å². The number of thiophene rings is 1. The molecule has 0 radical (unpaired) electrons. The maximum absolute atomic E-state index is 12.2. The summed E-state index contributed by atoms with van der Waals surface area (Å²) in [6.07, 6.45) is 1.86. The number of nitrogens with one attached hydrogen (secondary N) is 2. The van der Waals surface area contributed by atoms with E-state index in [2.05, 4.69) is 22.7 Å². The van der Waals surface area contributed by atoms with E-state index in [1.807, 2.05) is 6.07 Å². The van der Waals surface area contributed by atoms with E-state index in [0.29, 0.717) is 21.8 Å². The number of amides is 1. The highest BCUT2D eigenvalue weighted by Crippen LogP contribution is 2.31. The van der Waals surface area contributed by atoms with E-state index in [9.17, 15) is 4.79 Å². The average Bonchev–Trinajstić information content (AvgIpc) is 3.07. The summed E-state index contributed by atoms with van der Waals surface area (Å²) in [5.74, 6) is 0.377. The minimum absolute atomic E-state index is 0.185. The molecule has 112 valence electrons. The van der Waals surface area contributed by atoms with Gasteiger partial charge in [-0.1, -0.05) is 16.8 Å². The van der Waals surface area contributed by atoms with Crippen LogP contribution in [0.15, 0.2) is 22.7 Å². The lowest BCUT2D eigenvalue weighted by Crippen LogP contribution is -2.46. The summed E-state index contributed by atoms with van der Waals surface area (Å²) in [5, 5.41) is 10.2. The summed E-state index contributed by atoms with van der Waals surface area (Å²) < 4.78 is 5.90. The number of halogens is 1. The molecule has 0 aliphatic carbocycles. The molecule has 0 bridgehead atoms. The molecule has 1 amide bonds.